The molecule has 2 fully saturated rings. The van der Waals surface area contributed by atoms with E-state index >= 15 is 0 Å². The summed E-state index contributed by atoms with van der Waals surface area (Å²) in [6.07, 6.45) is 9.94. The van der Waals surface area contributed by atoms with E-state index in [1.807, 2.05) is 7.05 Å². The molecule has 2 aromatic rings. The molecule has 8 heteroatoms. The number of nitrogens with one attached hydrogen (secondary N) is 1. The Labute approximate surface area is 151 Å². The summed E-state index contributed by atoms with van der Waals surface area (Å²) in [4.78, 5) is 8.97. The third-order valence-corrected chi connectivity index (χ3v) is 5.07. The van der Waals surface area contributed by atoms with Gasteiger partial charge in [0, 0.05) is 19.1 Å². The molecule has 0 bridgehead atoms. The zero-order chi connectivity index (χ0) is 17.4. The fourth-order valence-corrected chi connectivity index (χ4v) is 3.34. The van der Waals surface area contributed by atoms with Gasteiger partial charge in [-0.05, 0) is 38.5 Å². The molecule has 25 heavy (non-hydrogen) atoms. The van der Waals surface area contributed by atoms with Crippen molar-refractivity contribution in [3.63, 3.8) is 0 Å². The summed E-state index contributed by atoms with van der Waals surface area (Å²) in [6.45, 7) is 0. The number of hydrogen-bond acceptors (Lipinski definition) is 6. The number of halogens is 1. The molecule has 0 radical (unpaired) electrons. The Bertz CT molecular complexity index is 752. The van der Waals surface area contributed by atoms with Crippen LogP contribution >= 0.6 is 11.6 Å². The standard InChI is InChI=1S/C17H23ClN6O/c1-24-16(25-12-6-7-12)13(8-21-24)15-14(18)9-20-17(23-15)22-11-4-2-10(19)3-5-11/h8-12H,2-7,19H2,1H3,(H,20,22,23)/t10-,11-. The van der Waals surface area contributed by atoms with E-state index < -0.39 is 0 Å². The summed E-state index contributed by atoms with van der Waals surface area (Å²) >= 11 is 6.36. The van der Waals surface area contributed by atoms with Gasteiger partial charge < -0.3 is 15.8 Å². The molecule has 0 unspecified atom stereocenters. The molecule has 2 aliphatic rings. The SMILES string of the molecule is Cn1ncc(-c2nc(N[C@H]3CC[C@H](N)CC3)ncc2Cl)c1OC1CC1. The van der Waals surface area contributed by atoms with Crippen molar-refractivity contribution in [2.45, 2.75) is 56.7 Å². The lowest BCUT2D eigenvalue weighted by Crippen LogP contribution is -2.33. The third kappa shape index (κ3) is 3.72. The minimum absolute atomic E-state index is 0.277. The fourth-order valence-electron chi connectivity index (χ4n) is 3.14. The van der Waals surface area contributed by atoms with Crippen LogP contribution in [0.4, 0.5) is 5.95 Å². The second kappa shape index (κ2) is 6.80. The molecule has 7 nitrogen and oxygen atoms in total. The Morgan fingerprint density at radius 2 is 1.96 bits per heavy atom. The lowest BCUT2D eigenvalue weighted by atomic mass is 9.92. The van der Waals surface area contributed by atoms with Gasteiger partial charge in [-0.1, -0.05) is 11.6 Å². The lowest BCUT2D eigenvalue weighted by Gasteiger charge is -2.26. The average molecular weight is 363 g/mol. The van der Waals surface area contributed by atoms with E-state index in [9.17, 15) is 0 Å². The van der Waals surface area contributed by atoms with Crippen molar-refractivity contribution in [3.05, 3.63) is 17.4 Å². The van der Waals surface area contributed by atoms with E-state index in [0.29, 0.717) is 34.6 Å². The van der Waals surface area contributed by atoms with Crippen LogP contribution in [-0.4, -0.2) is 37.9 Å². The first-order valence-electron chi connectivity index (χ1n) is 8.84. The maximum atomic E-state index is 6.36. The van der Waals surface area contributed by atoms with Crippen molar-refractivity contribution in [2.24, 2.45) is 12.8 Å². The minimum atomic E-state index is 0.277. The Morgan fingerprint density at radius 3 is 2.68 bits per heavy atom. The van der Waals surface area contributed by atoms with Crippen LogP contribution in [0.1, 0.15) is 38.5 Å². The summed E-state index contributed by atoms with van der Waals surface area (Å²) in [5.74, 6) is 1.29. The van der Waals surface area contributed by atoms with Crippen LogP contribution in [0.2, 0.25) is 5.02 Å². The largest absolute Gasteiger partial charge is 0.474 e. The maximum Gasteiger partial charge on any atom is 0.223 e. The molecule has 4 rings (SSSR count). The molecule has 2 aromatic heterocycles. The first kappa shape index (κ1) is 16.6. The Balaban J connectivity index is 1.57. The smallest absolute Gasteiger partial charge is 0.223 e. The van der Waals surface area contributed by atoms with Gasteiger partial charge in [-0.2, -0.15) is 5.10 Å². The van der Waals surface area contributed by atoms with Crippen LogP contribution in [0.5, 0.6) is 5.88 Å². The molecule has 0 saturated heterocycles. The third-order valence-electron chi connectivity index (χ3n) is 4.79. The second-order valence-electron chi connectivity index (χ2n) is 6.95. The summed E-state index contributed by atoms with van der Waals surface area (Å²) in [7, 11) is 1.86. The first-order chi connectivity index (χ1) is 12.1. The first-order valence-corrected chi connectivity index (χ1v) is 9.21. The second-order valence-corrected chi connectivity index (χ2v) is 7.36. The number of aryl methyl sites for hydroxylation is 1. The van der Waals surface area contributed by atoms with Gasteiger partial charge in [0.1, 0.15) is 11.8 Å². The van der Waals surface area contributed by atoms with E-state index in [0.717, 1.165) is 44.1 Å². The van der Waals surface area contributed by atoms with Crippen molar-refractivity contribution < 1.29 is 4.74 Å². The number of aromatic nitrogens is 4. The quantitative estimate of drug-likeness (QED) is 0.849. The van der Waals surface area contributed by atoms with Gasteiger partial charge >= 0.3 is 0 Å². The van der Waals surface area contributed by atoms with E-state index in [-0.39, 0.29) is 6.10 Å². The number of nitrogens with zero attached hydrogens (tertiary/aromatic N) is 4. The molecule has 0 aromatic carbocycles. The van der Waals surface area contributed by atoms with Gasteiger partial charge in [0.2, 0.25) is 11.8 Å². The van der Waals surface area contributed by atoms with Crippen molar-refractivity contribution >= 4 is 17.5 Å². The Hall–Kier alpha value is -1.86. The maximum absolute atomic E-state index is 6.36. The molecule has 0 spiro atoms. The van der Waals surface area contributed by atoms with Crippen LogP contribution in [-0.2, 0) is 7.05 Å². The highest BCUT2D eigenvalue weighted by Crippen LogP contribution is 2.36. The molecular formula is C17H23ClN6O. The Morgan fingerprint density at radius 1 is 1.20 bits per heavy atom. The van der Waals surface area contributed by atoms with Gasteiger partial charge in [-0.15, -0.1) is 0 Å². The number of anilines is 1. The summed E-state index contributed by atoms with van der Waals surface area (Å²) in [5, 5.41) is 8.21. The van der Waals surface area contributed by atoms with Gasteiger partial charge in [0.15, 0.2) is 0 Å². The predicted octanol–water partition coefficient (Wildman–Crippen LogP) is 2.75. The van der Waals surface area contributed by atoms with Gasteiger partial charge in [0.25, 0.3) is 0 Å². The summed E-state index contributed by atoms with van der Waals surface area (Å²) in [6, 6.07) is 0.669. The van der Waals surface area contributed by atoms with Gasteiger partial charge in [-0.3, -0.25) is 0 Å². The van der Waals surface area contributed by atoms with Crippen molar-refractivity contribution in [2.75, 3.05) is 5.32 Å². The van der Waals surface area contributed by atoms with Crippen LogP contribution < -0.4 is 15.8 Å². The molecule has 2 heterocycles. The minimum Gasteiger partial charge on any atom is -0.474 e. The zero-order valence-corrected chi connectivity index (χ0v) is 15.0. The molecular weight excluding hydrogens is 340 g/mol. The number of rotatable bonds is 5. The highest BCUT2D eigenvalue weighted by atomic mass is 35.5. The monoisotopic (exact) mass is 362 g/mol. The summed E-state index contributed by atoms with van der Waals surface area (Å²) in [5.41, 5.74) is 7.42. The number of nitrogens with two attached hydrogens (primary N) is 1. The number of ether oxygens (including phenoxy) is 1. The van der Waals surface area contributed by atoms with E-state index in [1.54, 1.807) is 17.1 Å². The molecule has 0 atom stereocenters. The predicted molar refractivity (Wildman–Crippen MR) is 96.7 cm³/mol. The van der Waals surface area contributed by atoms with Gasteiger partial charge in [-0.25, -0.2) is 14.6 Å². The highest BCUT2D eigenvalue weighted by molar-refractivity contribution is 6.33. The van der Waals surface area contributed by atoms with Gasteiger partial charge in [0.05, 0.1) is 23.0 Å². The topological polar surface area (TPSA) is 90.9 Å². The fraction of sp³-hybridized carbons (Fsp3) is 0.588. The molecule has 0 aliphatic heterocycles. The normalized spacial score (nSPS) is 23.5. The summed E-state index contributed by atoms with van der Waals surface area (Å²) < 4.78 is 7.71. The Kier molecular flexibility index (Phi) is 4.52. The van der Waals surface area contributed by atoms with Crippen molar-refractivity contribution in [1.82, 2.24) is 19.7 Å². The van der Waals surface area contributed by atoms with Crippen LogP contribution in [0.3, 0.4) is 0 Å². The zero-order valence-electron chi connectivity index (χ0n) is 14.3. The van der Waals surface area contributed by atoms with Crippen molar-refractivity contribution in [1.29, 1.82) is 0 Å². The number of hydrogen-bond donors (Lipinski definition) is 2. The molecule has 134 valence electrons. The van der Waals surface area contributed by atoms with Crippen molar-refractivity contribution in [3.8, 4) is 17.1 Å². The molecule has 2 saturated carbocycles. The molecule has 2 aliphatic carbocycles. The highest BCUT2D eigenvalue weighted by Gasteiger charge is 2.28. The average Bonchev–Trinajstić information content (AvgIpc) is 3.35. The van der Waals surface area contributed by atoms with Crippen LogP contribution in [0.15, 0.2) is 12.4 Å². The molecule has 0 amide bonds. The van der Waals surface area contributed by atoms with E-state index in [1.165, 1.54) is 0 Å². The van der Waals surface area contributed by atoms with E-state index in [2.05, 4.69) is 20.4 Å². The van der Waals surface area contributed by atoms with Crippen LogP contribution in [0, 0.1) is 0 Å². The lowest BCUT2D eigenvalue weighted by molar-refractivity contribution is 0.277. The van der Waals surface area contributed by atoms with Crippen LogP contribution in [0.25, 0.3) is 11.3 Å². The van der Waals surface area contributed by atoms with E-state index in [4.69, 9.17) is 22.1 Å². The molecule has 3 N–H and O–H groups in total.